The van der Waals surface area contributed by atoms with Crippen molar-refractivity contribution >= 4 is 33.9 Å². The SMILES string of the molecule is CC(=O)O.Cc1ccccc1CC(=N)c1cn(-c2cccs2)c2ccccc12. The molecule has 0 saturated carbocycles. The maximum absolute atomic E-state index is 9.00. The van der Waals surface area contributed by atoms with Crippen molar-refractivity contribution in [3.8, 4) is 5.00 Å². The third-order valence-electron chi connectivity index (χ3n) is 4.41. The Morgan fingerprint density at radius 2 is 1.75 bits per heavy atom. The van der Waals surface area contributed by atoms with Gasteiger partial charge in [0.15, 0.2) is 0 Å². The van der Waals surface area contributed by atoms with E-state index in [2.05, 4.69) is 65.5 Å². The molecule has 2 heterocycles. The van der Waals surface area contributed by atoms with Gasteiger partial charge in [0.1, 0.15) is 0 Å². The van der Waals surface area contributed by atoms with Crippen LogP contribution in [0.1, 0.15) is 23.6 Å². The maximum atomic E-state index is 9.00. The smallest absolute Gasteiger partial charge is 0.300 e. The Hall–Kier alpha value is -3.18. The van der Waals surface area contributed by atoms with Gasteiger partial charge in [0.25, 0.3) is 5.97 Å². The lowest BCUT2D eigenvalue weighted by molar-refractivity contribution is -0.134. The monoisotopic (exact) mass is 390 g/mol. The number of carbonyl (C=O) groups is 1. The van der Waals surface area contributed by atoms with Gasteiger partial charge in [-0.25, -0.2) is 0 Å². The summed E-state index contributed by atoms with van der Waals surface area (Å²) in [4.78, 5) is 9.00. The van der Waals surface area contributed by atoms with E-state index in [1.807, 2.05) is 18.2 Å². The van der Waals surface area contributed by atoms with Gasteiger partial charge in [-0.3, -0.25) is 4.79 Å². The van der Waals surface area contributed by atoms with Crippen LogP contribution in [-0.2, 0) is 11.2 Å². The number of benzene rings is 2. The summed E-state index contributed by atoms with van der Waals surface area (Å²) in [5.74, 6) is -0.833. The van der Waals surface area contributed by atoms with E-state index in [1.54, 1.807) is 11.3 Å². The Kier molecular flexibility index (Phi) is 6.06. The third kappa shape index (κ3) is 4.38. The van der Waals surface area contributed by atoms with E-state index in [0.717, 1.165) is 23.4 Å². The van der Waals surface area contributed by atoms with E-state index in [0.29, 0.717) is 12.1 Å². The fourth-order valence-electron chi connectivity index (χ4n) is 3.10. The number of thiophene rings is 1. The average molecular weight is 391 g/mol. The third-order valence-corrected chi connectivity index (χ3v) is 5.28. The zero-order chi connectivity index (χ0) is 20.1. The fraction of sp³-hybridized carbons (Fsp3) is 0.130. The molecule has 28 heavy (non-hydrogen) atoms. The Labute approximate surface area is 168 Å². The zero-order valence-electron chi connectivity index (χ0n) is 15.8. The van der Waals surface area contributed by atoms with Crippen molar-refractivity contribution < 1.29 is 9.90 Å². The summed E-state index contributed by atoms with van der Waals surface area (Å²) in [5.41, 5.74) is 5.29. The van der Waals surface area contributed by atoms with Crippen LogP contribution in [0, 0.1) is 12.3 Å². The fourth-order valence-corrected chi connectivity index (χ4v) is 3.82. The van der Waals surface area contributed by atoms with Gasteiger partial charge in [0.05, 0.1) is 10.5 Å². The molecular formula is C23H22N2O2S. The summed E-state index contributed by atoms with van der Waals surface area (Å²) in [6.45, 7) is 3.19. The molecule has 4 nitrogen and oxygen atoms in total. The molecule has 0 aliphatic rings. The highest BCUT2D eigenvalue weighted by atomic mass is 32.1. The van der Waals surface area contributed by atoms with Crippen LogP contribution >= 0.6 is 11.3 Å². The van der Waals surface area contributed by atoms with Gasteiger partial charge < -0.3 is 15.1 Å². The molecule has 0 spiro atoms. The van der Waals surface area contributed by atoms with Crippen molar-refractivity contribution in [3.05, 3.63) is 88.9 Å². The largest absolute Gasteiger partial charge is 0.481 e. The molecule has 0 amide bonds. The Morgan fingerprint density at radius 3 is 2.43 bits per heavy atom. The second-order valence-electron chi connectivity index (χ2n) is 6.48. The number of nitrogens with zero attached hydrogens (tertiary/aromatic N) is 1. The van der Waals surface area contributed by atoms with E-state index in [9.17, 15) is 0 Å². The van der Waals surface area contributed by atoms with Crippen molar-refractivity contribution in [1.82, 2.24) is 4.57 Å². The quantitative estimate of drug-likeness (QED) is 0.439. The topological polar surface area (TPSA) is 66.1 Å². The molecule has 0 radical (unpaired) electrons. The Morgan fingerprint density at radius 1 is 1.07 bits per heavy atom. The molecular weight excluding hydrogens is 368 g/mol. The van der Waals surface area contributed by atoms with Crippen molar-refractivity contribution in [2.45, 2.75) is 20.3 Å². The van der Waals surface area contributed by atoms with Crippen LogP contribution in [-0.4, -0.2) is 21.4 Å². The van der Waals surface area contributed by atoms with E-state index in [1.165, 1.54) is 16.1 Å². The second-order valence-corrected chi connectivity index (χ2v) is 7.41. The lowest BCUT2D eigenvalue weighted by atomic mass is 9.99. The zero-order valence-corrected chi connectivity index (χ0v) is 16.7. The minimum absolute atomic E-state index is 0.658. The summed E-state index contributed by atoms with van der Waals surface area (Å²) < 4.78 is 2.20. The van der Waals surface area contributed by atoms with E-state index in [-0.39, 0.29) is 0 Å². The van der Waals surface area contributed by atoms with Crippen molar-refractivity contribution in [1.29, 1.82) is 5.41 Å². The first-order chi connectivity index (χ1) is 13.5. The molecule has 0 bridgehead atoms. The van der Waals surface area contributed by atoms with Crippen molar-refractivity contribution in [2.24, 2.45) is 0 Å². The highest BCUT2D eigenvalue weighted by Crippen LogP contribution is 2.28. The molecule has 0 unspecified atom stereocenters. The highest BCUT2D eigenvalue weighted by molar-refractivity contribution is 7.12. The Balaban J connectivity index is 0.000000516. The minimum atomic E-state index is -0.833. The first-order valence-corrected chi connectivity index (χ1v) is 9.81. The number of rotatable bonds is 4. The van der Waals surface area contributed by atoms with Gasteiger partial charge in [0.2, 0.25) is 0 Å². The van der Waals surface area contributed by atoms with Gasteiger partial charge in [0, 0.05) is 36.2 Å². The molecule has 2 aromatic carbocycles. The van der Waals surface area contributed by atoms with Crippen molar-refractivity contribution in [3.63, 3.8) is 0 Å². The molecule has 4 aromatic rings. The number of aromatic nitrogens is 1. The van der Waals surface area contributed by atoms with E-state index < -0.39 is 5.97 Å². The molecule has 0 atom stereocenters. The van der Waals surface area contributed by atoms with Crippen molar-refractivity contribution in [2.75, 3.05) is 0 Å². The molecule has 2 N–H and O–H groups in total. The number of carboxylic acid groups (broad SMARTS) is 1. The van der Waals surface area contributed by atoms with Gasteiger partial charge in [-0.1, -0.05) is 42.5 Å². The number of aliphatic carboxylic acids is 1. The summed E-state index contributed by atoms with van der Waals surface area (Å²) in [7, 11) is 0. The van der Waals surface area contributed by atoms with Crippen LogP contribution in [0.4, 0.5) is 0 Å². The van der Waals surface area contributed by atoms with Crippen LogP contribution in [0.25, 0.3) is 15.9 Å². The van der Waals surface area contributed by atoms with E-state index >= 15 is 0 Å². The predicted molar refractivity (Wildman–Crippen MR) is 116 cm³/mol. The summed E-state index contributed by atoms with van der Waals surface area (Å²) in [6.07, 6.45) is 2.77. The molecule has 4 rings (SSSR count). The van der Waals surface area contributed by atoms with Gasteiger partial charge >= 0.3 is 0 Å². The number of nitrogens with one attached hydrogen (secondary N) is 1. The molecule has 0 fully saturated rings. The Bertz CT molecular complexity index is 1110. The minimum Gasteiger partial charge on any atom is -0.481 e. The lowest BCUT2D eigenvalue weighted by Gasteiger charge is -2.06. The summed E-state index contributed by atoms with van der Waals surface area (Å²) >= 11 is 1.71. The normalized spacial score (nSPS) is 10.4. The number of aryl methyl sites for hydroxylation is 1. The number of hydrogen-bond acceptors (Lipinski definition) is 3. The number of fused-ring (bicyclic) bond motifs is 1. The molecule has 0 aliphatic carbocycles. The maximum Gasteiger partial charge on any atom is 0.300 e. The van der Waals surface area contributed by atoms with Gasteiger partial charge in [-0.15, -0.1) is 11.3 Å². The average Bonchev–Trinajstić information content (AvgIpc) is 3.30. The van der Waals surface area contributed by atoms with Crippen LogP contribution in [0.5, 0.6) is 0 Å². The van der Waals surface area contributed by atoms with Crippen LogP contribution < -0.4 is 0 Å². The van der Waals surface area contributed by atoms with Crippen LogP contribution in [0.2, 0.25) is 0 Å². The molecule has 142 valence electrons. The second kappa shape index (κ2) is 8.67. The number of hydrogen-bond donors (Lipinski definition) is 2. The van der Waals surface area contributed by atoms with Crippen LogP contribution in [0.3, 0.4) is 0 Å². The van der Waals surface area contributed by atoms with E-state index in [4.69, 9.17) is 15.3 Å². The first-order valence-electron chi connectivity index (χ1n) is 8.93. The summed E-state index contributed by atoms with van der Waals surface area (Å²) in [5, 5.41) is 20.5. The number of carboxylic acids is 1. The predicted octanol–water partition coefficient (Wildman–Crippen LogP) is 5.70. The van der Waals surface area contributed by atoms with Gasteiger partial charge in [-0.2, -0.15) is 0 Å². The van der Waals surface area contributed by atoms with Crippen LogP contribution in [0.15, 0.2) is 72.2 Å². The first kappa shape index (κ1) is 19.6. The highest BCUT2D eigenvalue weighted by Gasteiger charge is 2.14. The molecule has 0 aliphatic heterocycles. The number of para-hydroxylation sites is 1. The van der Waals surface area contributed by atoms with Gasteiger partial charge in [-0.05, 0) is 41.6 Å². The molecule has 0 saturated heterocycles. The summed E-state index contributed by atoms with van der Waals surface area (Å²) in [6, 6.07) is 20.8. The standard InChI is InChI=1S/C21H18N2S.C2H4O2/c1-15-7-2-3-8-16(15)13-19(22)18-14-23(21-11-6-12-24-21)20-10-5-4-9-17(18)20;1-2(3)4/h2-12,14,22H,13H2,1H3;1H3,(H,3,4). The lowest BCUT2D eigenvalue weighted by Crippen LogP contribution is -2.04. The molecule has 2 aromatic heterocycles. The molecule has 5 heteroatoms.